The van der Waals surface area contributed by atoms with E-state index >= 15 is 0 Å². The van der Waals surface area contributed by atoms with Crippen LogP contribution in [0, 0.1) is 5.92 Å². The van der Waals surface area contributed by atoms with Crippen molar-refractivity contribution >= 4 is 15.8 Å². The standard InChI is InChI=1S/C17H22O5S/c1-2-14-10-17(14,15(18)19)23(20,21)16(8-9-16)12-22-11-13-6-4-3-5-7-13/h3-7,14H,2,8-12H2,1H3,(H,18,19). The summed E-state index contributed by atoms with van der Waals surface area (Å²) in [6.07, 6.45) is 1.80. The summed E-state index contributed by atoms with van der Waals surface area (Å²) in [4.78, 5) is 11.6. The van der Waals surface area contributed by atoms with Crippen molar-refractivity contribution < 1.29 is 23.1 Å². The second-order valence-corrected chi connectivity index (χ2v) is 9.27. The monoisotopic (exact) mass is 338 g/mol. The molecule has 1 N–H and O–H groups in total. The Morgan fingerprint density at radius 1 is 1.30 bits per heavy atom. The smallest absolute Gasteiger partial charge is 0.325 e. The molecule has 2 atom stereocenters. The molecule has 2 aliphatic carbocycles. The highest BCUT2D eigenvalue weighted by atomic mass is 32.2. The maximum Gasteiger partial charge on any atom is 0.325 e. The Balaban J connectivity index is 1.71. The molecule has 0 aromatic heterocycles. The van der Waals surface area contributed by atoms with Crippen LogP contribution in [0.3, 0.4) is 0 Å². The lowest BCUT2D eigenvalue weighted by molar-refractivity contribution is -0.137. The third kappa shape index (κ3) is 2.48. The van der Waals surface area contributed by atoms with E-state index in [-0.39, 0.29) is 18.9 Å². The average molecular weight is 338 g/mol. The summed E-state index contributed by atoms with van der Waals surface area (Å²) in [5.74, 6) is -1.46. The maximum absolute atomic E-state index is 13.0. The van der Waals surface area contributed by atoms with Crippen molar-refractivity contribution in [1.29, 1.82) is 0 Å². The van der Waals surface area contributed by atoms with E-state index in [1.165, 1.54) is 0 Å². The van der Waals surface area contributed by atoms with Crippen molar-refractivity contribution in [2.24, 2.45) is 5.92 Å². The second kappa shape index (κ2) is 5.60. The summed E-state index contributed by atoms with van der Waals surface area (Å²) in [6, 6.07) is 9.54. The molecule has 1 aromatic rings. The Morgan fingerprint density at radius 2 is 1.96 bits per heavy atom. The summed E-state index contributed by atoms with van der Waals surface area (Å²) in [7, 11) is -3.76. The first-order valence-electron chi connectivity index (χ1n) is 7.99. The molecule has 0 heterocycles. The Hall–Kier alpha value is -1.40. The quantitative estimate of drug-likeness (QED) is 0.787. The molecule has 0 radical (unpaired) electrons. The van der Waals surface area contributed by atoms with Crippen LogP contribution in [0.15, 0.2) is 30.3 Å². The number of carboxylic acids is 1. The van der Waals surface area contributed by atoms with E-state index in [4.69, 9.17) is 4.74 Å². The van der Waals surface area contributed by atoms with Crippen LogP contribution in [-0.2, 0) is 26.0 Å². The second-order valence-electron chi connectivity index (χ2n) is 6.67. The zero-order valence-electron chi connectivity index (χ0n) is 13.2. The molecule has 1 aromatic carbocycles. The van der Waals surface area contributed by atoms with Gasteiger partial charge < -0.3 is 9.84 Å². The van der Waals surface area contributed by atoms with Crippen molar-refractivity contribution in [3.05, 3.63) is 35.9 Å². The first-order chi connectivity index (χ1) is 10.9. The number of aliphatic carboxylic acids is 1. The van der Waals surface area contributed by atoms with Gasteiger partial charge in [0.1, 0.15) is 0 Å². The molecule has 23 heavy (non-hydrogen) atoms. The van der Waals surface area contributed by atoms with Gasteiger partial charge in [-0.1, -0.05) is 43.7 Å². The SMILES string of the molecule is CCC1CC1(C(=O)O)S(=O)(=O)C1(COCc2ccccc2)CC1. The van der Waals surface area contributed by atoms with Crippen LogP contribution in [0.1, 0.15) is 38.2 Å². The van der Waals surface area contributed by atoms with E-state index in [1.807, 2.05) is 37.3 Å². The van der Waals surface area contributed by atoms with Gasteiger partial charge in [-0.05, 0) is 30.7 Å². The van der Waals surface area contributed by atoms with Gasteiger partial charge in [0.05, 0.1) is 18.0 Å². The minimum atomic E-state index is -3.76. The van der Waals surface area contributed by atoms with Crippen molar-refractivity contribution in [2.75, 3.05) is 6.61 Å². The topological polar surface area (TPSA) is 80.7 Å². The first-order valence-corrected chi connectivity index (χ1v) is 9.47. The number of sulfone groups is 1. The van der Waals surface area contributed by atoms with E-state index in [9.17, 15) is 18.3 Å². The summed E-state index contributed by atoms with van der Waals surface area (Å²) in [6.45, 7) is 2.27. The highest BCUT2D eigenvalue weighted by Crippen LogP contribution is 2.60. The van der Waals surface area contributed by atoms with Crippen LogP contribution in [-0.4, -0.2) is 35.6 Å². The molecule has 2 fully saturated rings. The average Bonchev–Trinajstić information content (AvgIpc) is 3.42. The first kappa shape index (κ1) is 16.5. The van der Waals surface area contributed by atoms with Gasteiger partial charge in [0.15, 0.2) is 14.6 Å². The molecule has 2 unspecified atom stereocenters. The van der Waals surface area contributed by atoms with Crippen molar-refractivity contribution in [1.82, 2.24) is 0 Å². The predicted molar refractivity (Wildman–Crippen MR) is 85.7 cm³/mol. The van der Waals surface area contributed by atoms with Gasteiger partial charge in [-0.3, -0.25) is 4.79 Å². The number of carbonyl (C=O) groups is 1. The largest absolute Gasteiger partial charge is 0.480 e. The molecule has 0 aliphatic heterocycles. The Kier molecular flexibility index (Phi) is 4.01. The van der Waals surface area contributed by atoms with Gasteiger partial charge in [-0.15, -0.1) is 0 Å². The fraction of sp³-hybridized carbons (Fsp3) is 0.588. The molecule has 5 nitrogen and oxygen atoms in total. The van der Waals surface area contributed by atoms with Crippen LogP contribution in [0.5, 0.6) is 0 Å². The molecule has 2 aliphatic rings. The van der Waals surface area contributed by atoms with Gasteiger partial charge >= 0.3 is 5.97 Å². The number of hydrogen-bond donors (Lipinski definition) is 1. The molecular weight excluding hydrogens is 316 g/mol. The van der Waals surface area contributed by atoms with E-state index in [2.05, 4.69) is 0 Å². The lowest BCUT2D eigenvalue weighted by atomic mass is 10.2. The zero-order valence-corrected chi connectivity index (χ0v) is 14.0. The third-order valence-electron chi connectivity index (χ3n) is 5.24. The molecule has 0 saturated heterocycles. The summed E-state index contributed by atoms with van der Waals surface area (Å²) in [5, 5.41) is 9.52. The number of hydrogen-bond acceptors (Lipinski definition) is 4. The molecule has 0 spiro atoms. The van der Waals surface area contributed by atoms with Gasteiger partial charge in [0.25, 0.3) is 0 Å². The van der Waals surface area contributed by atoms with E-state index in [0.29, 0.717) is 25.9 Å². The summed E-state index contributed by atoms with van der Waals surface area (Å²) < 4.78 is 29.0. The summed E-state index contributed by atoms with van der Waals surface area (Å²) in [5.41, 5.74) is 0.978. The Bertz CT molecular complexity index is 693. The van der Waals surface area contributed by atoms with Crippen LogP contribution < -0.4 is 0 Å². The molecule has 0 amide bonds. The van der Waals surface area contributed by atoms with Gasteiger partial charge in [-0.25, -0.2) is 8.42 Å². The fourth-order valence-corrected chi connectivity index (χ4v) is 6.34. The van der Waals surface area contributed by atoms with Crippen molar-refractivity contribution in [3.63, 3.8) is 0 Å². The van der Waals surface area contributed by atoms with E-state index in [0.717, 1.165) is 5.56 Å². The molecule has 6 heteroatoms. The lowest BCUT2D eigenvalue weighted by Gasteiger charge is -2.22. The van der Waals surface area contributed by atoms with Crippen molar-refractivity contribution in [2.45, 2.75) is 48.7 Å². The van der Waals surface area contributed by atoms with Crippen molar-refractivity contribution in [3.8, 4) is 0 Å². The maximum atomic E-state index is 13.0. The van der Waals surface area contributed by atoms with Gasteiger partial charge in [0.2, 0.25) is 0 Å². The third-order valence-corrected chi connectivity index (χ3v) is 8.54. The molecule has 126 valence electrons. The van der Waals surface area contributed by atoms with Gasteiger partial charge in [0, 0.05) is 0 Å². The highest BCUT2D eigenvalue weighted by Gasteiger charge is 2.75. The lowest BCUT2D eigenvalue weighted by Crippen LogP contribution is -2.44. The fourth-order valence-electron chi connectivity index (χ4n) is 3.43. The van der Waals surface area contributed by atoms with Crippen LogP contribution in [0.2, 0.25) is 0 Å². The van der Waals surface area contributed by atoms with Crippen LogP contribution >= 0.6 is 0 Å². The minimum absolute atomic E-state index is 0.0791. The molecule has 3 rings (SSSR count). The van der Waals surface area contributed by atoms with E-state index < -0.39 is 25.3 Å². The zero-order chi connectivity index (χ0) is 16.7. The Morgan fingerprint density at radius 3 is 2.43 bits per heavy atom. The normalized spacial score (nSPS) is 28.3. The molecular formula is C17H22O5S. The van der Waals surface area contributed by atoms with Crippen LogP contribution in [0.25, 0.3) is 0 Å². The highest BCUT2D eigenvalue weighted by molar-refractivity contribution is 7.95. The van der Waals surface area contributed by atoms with E-state index in [1.54, 1.807) is 0 Å². The molecule has 2 saturated carbocycles. The predicted octanol–water partition coefficient (Wildman–Crippen LogP) is 2.40. The minimum Gasteiger partial charge on any atom is -0.480 e. The summed E-state index contributed by atoms with van der Waals surface area (Å²) >= 11 is 0. The van der Waals surface area contributed by atoms with Crippen LogP contribution in [0.4, 0.5) is 0 Å². The number of carboxylic acid groups (broad SMARTS) is 1. The Labute approximate surface area is 136 Å². The number of benzene rings is 1. The van der Waals surface area contributed by atoms with Gasteiger partial charge in [-0.2, -0.15) is 0 Å². The molecule has 0 bridgehead atoms. The number of ether oxygens (including phenoxy) is 1. The number of rotatable bonds is 8.